The molecule has 1 amide bonds. The highest BCUT2D eigenvalue weighted by Gasteiger charge is 2.29. The van der Waals surface area contributed by atoms with Crippen molar-refractivity contribution < 1.29 is 4.79 Å². The largest absolute Gasteiger partial charge is 0.339 e. The number of hydrogen-bond acceptors (Lipinski definition) is 2. The average Bonchev–Trinajstić information content (AvgIpc) is 2.83. The molecular weight excluding hydrogens is 284 g/mol. The smallest absolute Gasteiger partial charge is 0.222 e. The van der Waals surface area contributed by atoms with E-state index in [1.54, 1.807) is 0 Å². The van der Waals surface area contributed by atoms with E-state index in [1.165, 1.54) is 0 Å². The molecule has 4 heteroatoms. The lowest BCUT2D eigenvalue weighted by atomic mass is 10.1. The topological polar surface area (TPSA) is 32.3 Å². The third-order valence-corrected chi connectivity index (χ3v) is 4.34. The van der Waals surface area contributed by atoms with E-state index < -0.39 is 0 Å². The van der Waals surface area contributed by atoms with Crippen molar-refractivity contribution in [3.63, 3.8) is 0 Å². The van der Waals surface area contributed by atoms with Crippen LogP contribution in [0.15, 0.2) is 36.9 Å². The fourth-order valence-corrected chi connectivity index (χ4v) is 3.05. The number of likely N-dealkylation sites (tertiary alicyclic amines) is 1. The molecule has 0 spiro atoms. The van der Waals surface area contributed by atoms with Crippen LogP contribution in [0, 0.1) is 0 Å². The van der Waals surface area contributed by atoms with Gasteiger partial charge in [-0.3, -0.25) is 4.79 Å². The van der Waals surface area contributed by atoms with E-state index in [0.717, 1.165) is 49.5 Å². The standard InChI is InChI=1S/C17H23ClN2O/c1-2-11-19-12-9-15-7-8-17(21)20(15)13-10-14-5-3-4-6-16(14)18/h2-6,15,19H,1,7-13H2/t15-/m0/s1. The summed E-state index contributed by atoms with van der Waals surface area (Å²) in [6.45, 7) is 6.19. The molecule has 0 radical (unpaired) electrons. The molecule has 1 aliphatic heterocycles. The molecule has 1 fully saturated rings. The third-order valence-electron chi connectivity index (χ3n) is 3.98. The molecule has 0 bridgehead atoms. The predicted octanol–water partition coefficient (Wildman–Crippen LogP) is 3.04. The molecule has 1 atom stereocenters. The molecule has 2 rings (SSSR count). The fourth-order valence-electron chi connectivity index (χ4n) is 2.82. The van der Waals surface area contributed by atoms with Crippen LogP contribution in [0.3, 0.4) is 0 Å². The highest BCUT2D eigenvalue weighted by Crippen LogP contribution is 2.23. The second kappa shape index (κ2) is 8.20. The van der Waals surface area contributed by atoms with Crippen LogP contribution < -0.4 is 5.32 Å². The molecule has 1 aromatic carbocycles. The van der Waals surface area contributed by atoms with Crippen molar-refractivity contribution in [2.75, 3.05) is 19.6 Å². The monoisotopic (exact) mass is 306 g/mol. The van der Waals surface area contributed by atoms with Gasteiger partial charge < -0.3 is 10.2 Å². The maximum atomic E-state index is 12.0. The summed E-state index contributed by atoms with van der Waals surface area (Å²) in [6.07, 6.45) is 5.32. The number of nitrogens with one attached hydrogen (secondary N) is 1. The molecule has 114 valence electrons. The number of nitrogens with zero attached hydrogens (tertiary/aromatic N) is 1. The van der Waals surface area contributed by atoms with Crippen molar-refractivity contribution in [2.45, 2.75) is 31.7 Å². The lowest BCUT2D eigenvalue weighted by Gasteiger charge is -2.25. The molecule has 0 saturated carbocycles. The van der Waals surface area contributed by atoms with Crippen molar-refractivity contribution in [3.8, 4) is 0 Å². The van der Waals surface area contributed by atoms with E-state index in [-0.39, 0.29) is 5.91 Å². The number of benzene rings is 1. The van der Waals surface area contributed by atoms with Gasteiger partial charge in [0.2, 0.25) is 5.91 Å². The summed E-state index contributed by atoms with van der Waals surface area (Å²) in [6, 6.07) is 8.21. The van der Waals surface area contributed by atoms with Crippen LogP contribution in [-0.4, -0.2) is 36.5 Å². The summed E-state index contributed by atoms with van der Waals surface area (Å²) in [5.41, 5.74) is 1.11. The third kappa shape index (κ3) is 4.58. The number of halogens is 1. The Hall–Kier alpha value is -1.32. The fraction of sp³-hybridized carbons (Fsp3) is 0.471. The van der Waals surface area contributed by atoms with Gasteiger partial charge in [0.15, 0.2) is 0 Å². The lowest BCUT2D eigenvalue weighted by Crippen LogP contribution is -2.36. The Labute approximate surface area is 132 Å². The maximum Gasteiger partial charge on any atom is 0.222 e. The molecule has 1 heterocycles. The zero-order valence-electron chi connectivity index (χ0n) is 12.4. The summed E-state index contributed by atoms with van der Waals surface area (Å²) < 4.78 is 0. The zero-order chi connectivity index (χ0) is 15.1. The van der Waals surface area contributed by atoms with Gasteiger partial charge in [0.1, 0.15) is 0 Å². The molecule has 0 unspecified atom stereocenters. The first-order valence-electron chi connectivity index (χ1n) is 7.57. The minimum atomic E-state index is 0.274. The number of carbonyl (C=O) groups is 1. The summed E-state index contributed by atoms with van der Waals surface area (Å²) >= 11 is 6.18. The summed E-state index contributed by atoms with van der Waals surface area (Å²) in [5, 5.41) is 4.09. The van der Waals surface area contributed by atoms with Crippen LogP contribution in [-0.2, 0) is 11.2 Å². The summed E-state index contributed by atoms with van der Waals surface area (Å²) in [4.78, 5) is 14.1. The minimum Gasteiger partial charge on any atom is -0.339 e. The van der Waals surface area contributed by atoms with Crippen LogP contribution in [0.5, 0.6) is 0 Å². The van der Waals surface area contributed by atoms with Crippen LogP contribution in [0.1, 0.15) is 24.8 Å². The van der Waals surface area contributed by atoms with E-state index in [1.807, 2.05) is 35.2 Å². The molecule has 1 aromatic rings. The van der Waals surface area contributed by atoms with E-state index in [9.17, 15) is 4.79 Å². The van der Waals surface area contributed by atoms with Crippen LogP contribution in [0.25, 0.3) is 0 Å². The van der Waals surface area contributed by atoms with Gasteiger partial charge in [-0.15, -0.1) is 6.58 Å². The Balaban J connectivity index is 1.85. The highest BCUT2D eigenvalue weighted by atomic mass is 35.5. The molecule has 1 aliphatic rings. The number of hydrogen-bond donors (Lipinski definition) is 1. The first-order chi connectivity index (χ1) is 10.2. The Kier molecular flexibility index (Phi) is 6.27. The van der Waals surface area contributed by atoms with Crippen LogP contribution >= 0.6 is 11.6 Å². The highest BCUT2D eigenvalue weighted by molar-refractivity contribution is 6.31. The van der Waals surface area contributed by atoms with Crippen molar-refractivity contribution in [1.29, 1.82) is 0 Å². The Bertz CT molecular complexity index is 489. The first-order valence-corrected chi connectivity index (χ1v) is 7.94. The van der Waals surface area contributed by atoms with Crippen LogP contribution in [0.4, 0.5) is 0 Å². The predicted molar refractivity (Wildman–Crippen MR) is 87.6 cm³/mol. The Morgan fingerprint density at radius 2 is 2.24 bits per heavy atom. The number of amides is 1. The normalized spacial score (nSPS) is 18.2. The number of carbonyl (C=O) groups excluding carboxylic acids is 1. The van der Waals surface area contributed by atoms with Gasteiger partial charge in [-0.1, -0.05) is 35.9 Å². The van der Waals surface area contributed by atoms with E-state index in [0.29, 0.717) is 12.5 Å². The first kappa shape index (κ1) is 16.1. The van der Waals surface area contributed by atoms with Gasteiger partial charge in [-0.2, -0.15) is 0 Å². The van der Waals surface area contributed by atoms with Gasteiger partial charge in [0, 0.05) is 30.6 Å². The van der Waals surface area contributed by atoms with Gasteiger partial charge >= 0.3 is 0 Å². The molecule has 0 aliphatic carbocycles. The Morgan fingerprint density at radius 3 is 3.00 bits per heavy atom. The van der Waals surface area contributed by atoms with Crippen molar-refractivity contribution >= 4 is 17.5 Å². The minimum absolute atomic E-state index is 0.274. The van der Waals surface area contributed by atoms with Crippen LogP contribution in [0.2, 0.25) is 5.02 Å². The van der Waals surface area contributed by atoms with E-state index in [4.69, 9.17) is 11.6 Å². The molecule has 1 N–H and O–H groups in total. The van der Waals surface area contributed by atoms with Gasteiger partial charge in [0.25, 0.3) is 0 Å². The van der Waals surface area contributed by atoms with Crippen molar-refractivity contribution in [1.82, 2.24) is 10.2 Å². The zero-order valence-corrected chi connectivity index (χ0v) is 13.1. The van der Waals surface area contributed by atoms with Gasteiger partial charge in [-0.25, -0.2) is 0 Å². The van der Waals surface area contributed by atoms with Gasteiger partial charge in [-0.05, 0) is 37.4 Å². The van der Waals surface area contributed by atoms with Crippen molar-refractivity contribution in [2.24, 2.45) is 0 Å². The van der Waals surface area contributed by atoms with Crippen molar-refractivity contribution in [3.05, 3.63) is 47.5 Å². The number of rotatable bonds is 8. The average molecular weight is 307 g/mol. The van der Waals surface area contributed by atoms with Gasteiger partial charge in [0.05, 0.1) is 0 Å². The summed E-state index contributed by atoms with van der Waals surface area (Å²) in [5.74, 6) is 0.274. The summed E-state index contributed by atoms with van der Waals surface area (Å²) in [7, 11) is 0. The second-order valence-corrected chi connectivity index (χ2v) is 5.81. The quantitative estimate of drug-likeness (QED) is 0.591. The maximum absolute atomic E-state index is 12.0. The SMILES string of the molecule is C=CCNCC[C@@H]1CCC(=O)N1CCc1ccccc1Cl. The lowest BCUT2D eigenvalue weighted by molar-refractivity contribution is -0.129. The van der Waals surface area contributed by atoms with E-state index in [2.05, 4.69) is 11.9 Å². The molecule has 21 heavy (non-hydrogen) atoms. The molecule has 3 nitrogen and oxygen atoms in total. The molecular formula is C17H23ClN2O. The second-order valence-electron chi connectivity index (χ2n) is 5.40. The molecule has 1 saturated heterocycles. The molecule has 0 aromatic heterocycles. The Morgan fingerprint density at radius 1 is 1.43 bits per heavy atom. The van der Waals surface area contributed by atoms with E-state index >= 15 is 0 Å².